The normalized spacial score (nSPS) is 11.1. The van der Waals surface area contributed by atoms with Crippen molar-refractivity contribution < 1.29 is 9.90 Å². The average molecular weight is 387 g/mol. The summed E-state index contributed by atoms with van der Waals surface area (Å²) in [7, 11) is 0. The van der Waals surface area contributed by atoms with Crippen molar-refractivity contribution in [3.63, 3.8) is 0 Å². The molecule has 0 fully saturated rings. The standard InChI is InChI=1S/C19H19BrN2O2/c1-3-4-5-16-17(13-6-8-15(20)9-7-13)18-12(2)10-14(19(23)24)11-22(18)21-16/h6-11H,3-5H2,1-2H3,(H,23,24). The number of aromatic nitrogens is 2. The Hall–Kier alpha value is -2.14. The van der Waals surface area contributed by atoms with E-state index in [-0.39, 0.29) is 5.56 Å². The minimum absolute atomic E-state index is 0.256. The average Bonchev–Trinajstić information content (AvgIpc) is 2.92. The van der Waals surface area contributed by atoms with Crippen LogP contribution in [0.2, 0.25) is 0 Å². The van der Waals surface area contributed by atoms with Crippen LogP contribution in [0.5, 0.6) is 0 Å². The minimum Gasteiger partial charge on any atom is -0.478 e. The summed E-state index contributed by atoms with van der Waals surface area (Å²) >= 11 is 3.47. The van der Waals surface area contributed by atoms with Crippen molar-refractivity contribution in [2.24, 2.45) is 0 Å². The van der Waals surface area contributed by atoms with Crippen molar-refractivity contribution in [1.82, 2.24) is 9.61 Å². The van der Waals surface area contributed by atoms with Gasteiger partial charge in [0.05, 0.1) is 16.8 Å². The van der Waals surface area contributed by atoms with Crippen LogP contribution in [0.4, 0.5) is 0 Å². The van der Waals surface area contributed by atoms with Crippen LogP contribution in [0.15, 0.2) is 41.0 Å². The molecular weight excluding hydrogens is 368 g/mol. The molecule has 3 aromatic rings. The van der Waals surface area contributed by atoms with Gasteiger partial charge in [0.2, 0.25) is 0 Å². The van der Waals surface area contributed by atoms with Crippen LogP contribution >= 0.6 is 15.9 Å². The maximum atomic E-state index is 11.3. The fourth-order valence-corrected chi connectivity index (χ4v) is 3.24. The molecule has 3 rings (SSSR count). The lowest BCUT2D eigenvalue weighted by Crippen LogP contribution is -2.01. The van der Waals surface area contributed by atoms with E-state index in [0.29, 0.717) is 0 Å². The molecule has 0 saturated heterocycles. The highest BCUT2D eigenvalue weighted by molar-refractivity contribution is 9.10. The summed E-state index contributed by atoms with van der Waals surface area (Å²) in [6.45, 7) is 4.10. The van der Waals surface area contributed by atoms with E-state index in [1.54, 1.807) is 16.8 Å². The summed E-state index contributed by atoms with van der Waals surface area (Å²) in [5, 5.41) is 14.0. The fraction of sp³-hybridized carbons (Fsp3) is 0.263. The Morgan fingerprint density at radius 1 is 1.29 bits per heavy atom. The third-order valence-corrected chi connectivity index (χ3v) is 4.67. The number of rotatable bonds is 5. The molecule has 0 aliphatic carbocycles. The van der Waals surface area contributed by atoms with Crippen molar-refractivity contribution in [2.45, 2.75) is 33.1 Å². The van der Waals surface area contributed by atoms with E-state index in [9.17, 15) is 9.90 Å². The molecule has 1 N–H and O–H groups in total. The van der Waals surface area contributed by atoms with E-state index >= 15 is 0 Å². The Morgan fingerprint density at radius 2 is 2.00 bits per heavy atom. The number of unbranched alkanes of at least 4 members (excludes halogenated alkanes) is 1. The topological polar surface area (TPSA) is 54.6 Å². The summed E-state index contributed by atoms with van der Waals surface area (Å²) in [6.07, 6.45) is 4.62. The highest BCUT2D eigenvalue weighted by Gasteiger charge is 2.18. The van der Waals surface area contributed by atoms with Crippen molar-refractivity contribution in [3.05, 3.63) is 57.8 Å². The third-order valence-electron chi connectivity index (χ3n) is 4.14. The second-order valence-electron chi connectivity index (χ2n) is 5.94. The highest BCUT2D eigenvalue weighted by Crippen LogP contribution is 2.32. The molecule has 0 unspecified atom stereocenters. The van der Waals surface area contributed by atoms with Crippen LogP contribution in [-0.2, 0) is 6.42 Å². The first kappa shape index (κ1) is 16.7. The summed E-state index contributed by atoms with van der Waals surface area (Å²) in [5.74, 6) is -0.934. The van der Waals surface area contributed by atoms with Gasteiger partial charge >= 0.3 is 5.97 Å². The number of fused-ring (bicyclic) bond motifs is 1. The summed E-state index contributed by atoms with van der Waals surface area (Å²) in [5.41, 5.74) is 5.38. The maximum absolute atomic E-state index is 11.3. The number of aromatic carboxylic acids is 1. The van der Waals surface area contributed by atoms with Gasteiger partial charge in [-0.25, -0.2) is 9.31 Å². The molecule has 2 heterocycles. The molecule has 0 bridgehead atoms. The molecule has 0 atom stereocenters. The molecule has 5 heteroatoms. The molecule has 0 aliphatic heterocycles. The van der Waals surface area contributed by atoms with E-state index in [0.717, 1.165) is 51.6 Å². The molecule has 4 nitrogen and oxygen atoms in total. The fourth-order valence-electron chi connectivity index (χ4n) is 2.98. The molecule has 0 radical (unpaired) electrons. The molecule has 0 saturated carbocycles. The number of aryl methyl sites for hydroxylation is 2. The first-order valence-electron chi connectivity index (χ1n) is 8.02. The van der Waals surface area contributed by atoms with Crippen LogP contribution < -0.4 is 0 Å². The predicted molar refractivity (Wildman–Crippen MR) is 98.6 cm³/mol. The van der Waals surface area contributed by atoms with Gasteiger partial charge in [-0.15, -0.1) is 0 Å². The van der Waals surface area contributed by atoms with Crippen LogP contribution in [0.3, 0.4) is 0 Å². The number of halogens is 1. The maximum Gasteiger partial charge on any atom is 0.337 e. The van der Waals surface area contributed by atoms with Crippen molar-refractivity contribution >= 4 is 27.4 Å². The first-order valence-corrected chi connectivity index (χ1v) is 8.81. The van der Waals surface area contributed by atoms with Gasteiger partial charge in [-0.2, -0.15) is 5.10 Å². The number of carbonyl (C=O) groups is 1. The zero-order chi connectivity index (χ0) is 17.3. The molecule has 2 aromatic heterocycles. The van der Waals surface area contributed by atoms with Crippen LogP contribution in [0.1, 0.15) is 41.4 Å². The van der Waals surface area contributed by atoms with Gasteiger partial charge in [0.15, 0.2) is 0 Å². The van der Waals surface area contributed by atoms with E-state index in [1.807, 2.05) is 19.1 Å². The lowest BCUT2D eigenvalue weighted by molar-refractivity contribution is 0.0696. The van der Waals surface area contributed by atoms with Gasteiger partial charge in [-0.05, 0) is 49.1 Å². The van der Waals surface area contributed by atoms with Crippen LogP contribution in [0.25, 0.3) is 16.6 Å². The lowest BCUT2D eigenvalue weighted by atomic mass is 9.99. The smallest absolute Gasteiger partial charge is 0.337 e. The molecule has 24 heavy (non-hydrogen) atoms. The van der Waals surface area contributed by atoms with Crippen molar-refractivity contribution in [2.75, 3.05) is 0 Å². The number of carboxylic acids is 1. The molecule has 0 aliphatic rings. The predicted octanol–water partition coefficient (Wildman–Crippen LogP) is 5.11. The van der Waals surface area contributed by atoms with Crippen molar-refractivity contribution in [1.29, 1.82) is 0 Å². The second kappa shape index (κ2) is 6.77. The van der Waals surface area contributed by atoms with Gasteiger partial charge in [-0.3, -0.25) is 0 Å². The molecule has 0 spiro atoms. The summed E-state index contributed by atoms with van der Waals surface area (Å²) in [4.78, 5) is 11.3. The Balaban J connectivity index is 2.27. The largest absolute Gasteiger partial charge is 0.478 e. The first-order chi connectivity index (χ1) is 11.5. The van der Waals surface area contributed by atoms with Gasteiger partial charge in [0, 0.05) is 16.2 Å². The number of hydrogen-bond donors (Lipinski definition) is 1. The highest BCUT2D eigenvalue weighted by atomic mass is 79.9. The second-order valence-corrected chi connectivity index (χ2v) is 6.86. The number of hydrogen-bond acceptors (Lipinski definition) is 2. The number of nitrogens with zero attached hydrogens (tertiary/aromatic N) is 2. The Morgan fingerprint density at radius 3 is 2.62 bits per heavy atom. The Bertz CT molecular complexity index is 898. The Labute approximate surface area is 149 Å². The summed E-state index contributed by atoms with van der Waals surface area (Å²) in [6, 6.07) is 9.89. The molecule has 124 valence electrons. The van der Waals surface area contributed by atoms with Gasteiger partial charge in [0.25, 0.3) is 0 Å². The zero-order valence-electron chi connectivity index (χ0n) is 13.7. The van der Waals surface area contributed by atoms with Gasteiger partial charge in [0.1, 0.15) is 0 Å². The molecular formula is C19H19BrN2O2. The summed E-state index contributed by atoms with van der Waals surface area (Å²) < 4.78 is 2.75. The Kier molecular flexibility index (Phi) is 4.71. The van der Waals surface area contributed by atoms with E-state index < -0.39 is 5.97 Å². The van der Waals surface area contributed by atoms with Crippen LogP contribution in [0, 0.1) is 6.92 Å². The van der Waals surface area contributed by atoms with Gasteiger partial charge in [-0.1, -0.05) is 41.4 Å². The number of carboxylic acid groups (broad SMARTS) is 1. The number of benzene rings is 1. The van der Waals surface area contributed by atoms with E-state index in [4.69, 9.17) is 5.10 Å². The minimum atomic E-state index is -0.934. The van der Waals surface area contributed by atoms with E-state index in [2.05, 4.69) is 35.0 Å². The lowest BCUT2D eigenvalue weighted by Gasteiger charge is -2.06. The monoisotopic (exact) mass is 386 g/mol. The van der Waals surface area contributed by atoms with E-state index in [1.165, 1.54) is 0 Å². The molecule has 1 aromatic carbocycles. The number of pyridine rings is 1. The molecule has 0 amide bonds. The third kappa shape index (κ3) is 3.08. The van der Waals surface area contributed by atoms with Gasteiger partial charge < -0.3 is 5.11 Å². The SMILES string of the molecule is CCCCc1nn2cc(C(=O)O)cc(C)c2c1-c1ccc(Br)cc1. The quantitative estimate of drug-likeness (QED) is 0.662. The zero-order valence-corrected chi connectivity index (χ0v) is 15.3. The van der Waals surface area contributed by atoms with Crippen LogP contribution in [-0.4, -0.2) is 20.7 Å². The van der Waals surface area contributed by atoms with Crippen molar-refractivity contribution in [3.8, 4) is 11.1 Å².